The highest BCUT2D eigenvalue weighted by molar-refractivity contribution is 4.88. The number of rotatable bonds is 5. The predicted octanol–water partition coefficient (Wildman–Crippen LogP) is 1.25. The molecule has 0 aromatic heterocycles. The molecular formula is C9H16O2. The van der Waals surface area contributed by atoms with E-state index < -0.39 is 0 Å². The Bertz CT molecular complexity index is 128. The molecule has 1 unspecified atom stereocenters. The highest BCUT2D eigenvalue weighted by Gasteiger charge is 1.94. The van der Waals surface area contributed by atoms with Crippen LogP contribution >= 0.6 is 0 Å². The number of allylic oxidation sites excluding steroid dienone is 2. The maximum Gasteiger partial charge on any atom is 0.0723 e. The molecular weight excluding hydrogens is 140 g/mol. The van der Waals surface area contributed by atoms with Gasteiger partial charge in [0.1, 0.15) is 0 Å². The quantitative estimate of drug-likeness (QED) is 0.588. The summed E-state index contributed by atoms with van der Waals surface area (Å²) in [5, 5.41) is 17.5. The maximum atomic E-state index is 9.17. The summed E-state index contributed by atoms with van der Waals surface area (Å²) in [6, 6.07) is 0. The average molecular weight is 156 g/mol. The largest absolute Gasteiger partial charge is 0.392 e. The van der Waals surface area contributed by atoms with Crippen molar-refractivity contribution in [1.29, 1.82) is 0 Å². The van der Waals surface area contributed by atoms with E-state index >= 15 is 0 Å². The Morgan fingerprint density at radius 1 is 1.36 bits per heavy atom. The summed E-state index contributed by atoms with van der Waals surface area (Å²) >= 11 is 0. The Labute approximate surface area is 67.9 Å². The molecule has 0 saturated heterocycles. The van der Waals surface area contributed by atoms with Gasteiger partial charge >= 0.3 is 0 Å². The molecule has 0 heterocycles. The summed E-state index contributed by atoms with van der Waals surface area (Å²) in [6.07, 6.45) is 8.33. The van der Waals surface area contributed by atoms with Crippen LogP contribution in [0, 0.1) is 0 Å². The zero-order chi connectivity index (χ0) is 8.53. The van der Waals surface area contributed by atoms with Gasteiger partial charge in [-0.05, 0) is 19.8 Å². The number of aliphatic hydroxyl groups is 2. The molecule has 1 atom stereocenters. The first-order valence-electron chi connectivity index (χ1n) is 3.88. The number of hydrogen-bond donors (Lipinski definition) is 2. The van der Waals surface area contributed by atoms with E-state index in [0.29, 0.717) is 0 Å². The van der Waals surface area contributed by atoms with Gasteiger partial charge in [0.2, 0.25) is 0 Å². The molecule has 64 valence electrons. The van der Waals surface area contributed by atoms with Crippen molar-refractivity contribution in [2.45, 2.75) is 25.9 Å². The van der Waals surface area contributed by atoms with Crippen molar-refractivity contribution in [3.05, 3.63) is 24.3 Å². The van der Waals surface area contributed by atoms with Crippen LogP contribution in [-0.4, -0.2) is 22.9 Å². The predicted molar refractivity (Wildman–Crippen MR) is 46.3 cm³/mol. The van der Waals surface area contributed by atoms with Crippen molar-refractivity contribution in [1.82, 2.24) is 0 Å². The molecule has 0 aromatic carbocycles. The minimum Gasteiger partial charge on any atom is -0.392 e. The Kier molecular flexibility index (Phi) is 7.10. The molecule has 2 N–H and O–H groups in total. The van der Waals surface area contributed by atoms with E-state index in [1.54, 1.807) is 12.2 Å². The first kappa shape index (κ1) is 10.4. The van der Waals surface area contributed by atoms with Crippen LogP contribution in [0.4, 0.5) is 0 Å². The van der Waals surface area contributed by atoms with Gasteiger partial charge in [-0.3, -0.25) is 0 Å². The summed E-state index contributed by atoms with van der Waals surface area (Å²) in [4.78, 5) is 0. The third kappa shape index (κ3) is 7.30. The van der Waals surface area contributed by atoms with Crippen molar-refractivity contribution >= 4 is 0 Å². The lowest BCUT2D eigenvalue weighted by Crippen LogP contribution is -1.99. The van der Waals surface area contributed by atoms with Crippen LogP contribution in [0.3, 0.4) is 0 Å². The molecule has 0 radical (unpaired) electrons. The summed E-state index contributed by atoms with van der Waals surface area (Å²) in [5.74, 6) is 0. The fourth-order valence-corrected chi connectivity index (χ4v) is 0.778. The molecule has 0 aliphatic carbocycles. The number of hydrogen-bond acceptors (Lipinski definition) is 2. The Morgan fingerprint density at radius 2 is 2.09 bits per heavy atom. The van der Waals surface area contributed by atoms with E-state index in [4.69, 9.17) is 10.2 Å². The van der Waals surface area contributed by atoms with Gasteiger partial charge in [0.25, 0.3) is 0 Å². The van der Waals surface area contributed by atoms with Crippen LogP contribution < -0.4 is 0 Å². The van der Waals surface area contributed by atoms with Crippen molar-refractivity contribution in [2.24, 2.45) is 0 Å². The summed E-state index contributed by atoms with van der Waals surface area (Å²) in [5.41, 5.74) is 0. The van der Waals surface area contributed by atoms with Crippen LogP contribution in [-0.2, 0) is 0 Å². The van der Waals surface area contributed by atoms with E-state index in [1.807, 2.05) is 19.1 Å². The minimum absolute atomic E-state index is 0.0830. The van der Waals surface area contributed by atoms with Crippen LogP contribution in [0.5, 0.6) is 0 Å². The zero-order valence-electron chi connectivity index (χ0n) is 6.90. The molecule has 0 aliphatic rings. The van der Waals surface area contributed by atoms with Gasteiger partial charge in [0, 0.05) is 0 Å². The molecule has 0 rings (SSSR count). The van der Waals surface area contributed by atoms with E-state index in [2.05, 4.69) is 0 Å². The Balaban J connectivity index is 3.30. The lowest BCUT2D eigenvalue weighted by atomic mass is 10.2. The molecule has 0 fully saturated rings. The second kappa shape index (κ2) is 7.51. The fourth-order valence-electron chi connectivity index (χ4n) is 0.778. The lowest BCUT2D eigenvalue weighted by molar-refractivity contribution is 0.214. The first-order valence-corrected chi connectivity index (χ1v) is 3.88. The second-order valence-electron chi connectivity index (χ2n) is 2.32. The minimum atomic E-state index is -0.344. The van der Waals surface area contributed by atoms with Crippen LogP contribution in [0.25, 0.3) is 0 Å². The fraction of sp³-hybridized carbons (Fsp3) is 0.556. The molecule has 11 heavy (non-hydrogen) atoms. The molecule has 0 aliphatic heterocycles. The number of aliphatic hydroxyl groups excluding tert-OH is 2. The van der Waals surface area contributed by atoms with Crippen LogP contribution in [0.2, 0.25) is 0 Å². The average Bonchev–Trinajstić information content (AvgIpc) is 1.99. The van der Waals surface area contributed by atoms with Gasteiger partial charge in [0.05, 0.1) is 12.7 Å². The first-order chi connectivity index (χ1) is 5.31. The monoisotopic (exact) mass is 156 g/mol. The Hall–Kier alpha value is -0.600. The second-order valence-corrected chi connectivity index (χ2v) is 2.32. The topological polar surface area (TPSA) is 40.5 Å². The lowest BCUT2D eigenvalue weighted by Gasteiger charge is -2.00. The Morgan fingerprint density at radius 3 is 2.64 bits per heavy atom. The van der Waals surface area contributed by atoms with Crippen molar-refractivity contribution in [3.8, 4) is 0 Å². The smallest absolute Gasteiger partial charge is 0.0723 e. The molecule has 0 aromatic rings. The van der Waals surface area contributed by atoms with E-state index in [-0.39, 0.29) is 12.7 Å². The standard InChI is InChI=1S/C9H16O2/c1-2-6-9(11)7-4-3-5-8-10/h2-3,5-6,9-11H,4,7-8H2,1H3/b5-3+,6-2+. The summed E-state index contributed by atoms with van der Waals surface area (Å²) < 4.78 is 0. The van der Waals surface area contributed by atoms with E-state index in [0.717, 1.165) is 12.8 Å². The molecule has 0 bridgehead atoms. The third-order valence-electron chi connectivity index (χ3n) is 1.32. The molecule has 2 nitrogen and oxygen atoms in total. The molecule has 0 spiro atoms. The van der Waals surface area contributed by atoms with Crippen molar-refractivity contribution < 1.29 is 10.2 Å². The summed E-state index contributed by atoms with van der Waals surface area (Å²) in [7, 11) is 0. The maximum absolute atomic E-state index is 9.17. The SMILES string of the molecule is C/C=C/C(O)CC/C=C/CO. The van der Waals surface area contributed by atoms with Gasteiger partial charge in [-0.2, -0.15) is 0 Å². The van der Waals surface area contributed by atoms with Crippen LogP contribution in [0.15, 0.2) is 24.3 Å². The normalized spacial score (nSPS) is 14.8. The van der Waals surface area contributed by atoms with Crippen molar-refractivity contribution in [3.63, 3.8) is 0 Å². The van der Waals surface area contributed by atoms with Gasteiger partial charge in [-0.25, -0.2) is 0 Å². The molecule has 2 heteroatoms. The van der Waals surface area contributed by atoms with Gasteiger partial charge in [0.15, 0.2) is 0 Å². The molecule has 0 saturated carbocycles. The van der Waals surface area contributed by atoms with Gasteiger partial charge in [-0.15, -0.1) is 0 Å². The highest BCUT2D eigenvalue weighted by atomic mass is 16.3. The van der Waals surface area contributed by atoms with E-state index in [1.165, 1.54) is 0 Å². The highest BCUT2D eigenvalue weighted by Crippen LogP contribution is 1.99. The summed E-state index contributed by atoms with van der Waals surface area (Å²) in [6.45, 7) is 1.96. The van der Waals surface area contributed by atoms with Gasteiger partial charge in [-0.1, -0.05) is 24.3 Å². The van der Waals surface area contributed by atoms with E-state index in [9.17, 15) is 0 Å². The van der Waals surface area contributed by atoms with Gasteiger partial charge < -0.3 is 10.2 Å². The van der Waals surface area contributed by atoms with Crippen LogP contribution in [0.1, 0.15) is 19.8 Å². The van der Waals surface area contributed by atoms with Crippen molar-refractivity contribution in [2.75, 3.05) is 6.61 Å². The zero-order valence-corrected chi connectivity index (χ0v) is 6.90. The molecule has 0 amide bonds. The third-order valence-corrected chi connectivity index (χ3v) is 1.32.